The van der Waals surface area contributed by atoms with Crippen molar-refractivity contribution in [2.24, 2.45) is 7.05 Å². The summed E-state index contributed by atoms with van der Waals surface area (Å²) in [5, 5.41) is 3.08. The average molecular weight is 336 g/mol. The van der Waals surface area contributed by atoms with Crippen molar-refractivity contribution in [1.29, 1.82) is 0 Å². The normalized spacial score (nSPS) is 17.6. The molecule has 0 radical (unpaired) electrons. The number of nitrogens with zero attached hydrogens (tertiary/aromatic N) is 5. The number of para-hydroxylation sites is 2. The molecule has 3 heterocycles. The largest absolute Gasteiger partial charge is 0.353 e. The van der Waals surface area contributed by atoms with Gasteiger partial charge >= 0.3 is 0 Å². The monoisotopic (exact) mass is 336 g/mol. The minimum absolute atomic E-state index is 0.0801. The zero-order chi connectivity index (χ0) is 17.2. The lowest BCUT2D eigenvalue weighted by Crippen LogP contribution is -2.48. The minimum atomic E-state index is -0.128. The molecule has 0 aliphatic carbocycles. The van der Waals surface area contributed by atoms with Crippen molar-refractivity contribution in [3.63, 3.8) is 0 Å². The van der Waals surface area contributed by atoms with E-state index in [1.54, 1.807) is 17.1 Å². The van der Waals surface area contributed by atoms with E-state index in [1.165, 1.54) is 0 Å². The van der Waals surface area contributed by atoms with Gasteiger partial charge in [-0.2, -0.15) is 0 Å². The van der Waals surface area contributed by atoms with E-state index in [-0.39, 0.29) is 11.9 Å². The van der Waals surface area contributed by atoms with Crippen LogP contribution in [0.2, 0.25) is 0 Å². The van der Waals surface area contributed by atoms with Gasteiger partial charge in [-0.15, -0.1) is 0 Å². The summed E-state index contributed by atoms with van der Waals surface area (Å²) in [4.78, 5) is 27.8. The van der Waals surface area contributed by atoms with Crippen LogP contribution >= 0.6 is 0 Å². The summed E-state index contributed by atoms with van der Waals surface area (Å²) < 4.78 is 1.77. The number of imidazole rings is 1. The molecule has 1 amide bonds. The number of carbonyl (C=O) groups excluding carboxylic acids is 1. The molecule has 1 atom stereocenters. The first kappa shape index (κ1) is 15.6. The molecule has 7 nitrogen and oxygen atoms in total. The van der Waals surface area contributed by atoms with Crippen molar-refractivity contribution in [3.8, 4) is 0 Å². The lowest BCUT2D eigenvalue weighted by molar-refractivity contribution is 0.0928. The second-order valence-electron chi connectivity index (χ2n) is 6.40. The average Bonchev–Trinajstić information content (AvgIpc) is 3.08. The second-order valence-corrected chi connectivity index (χ2v) is 6.40. The molecule has 1 unspecified atom stereocenters. The highest BCUT2D eigenvalue weighted by atomic mass is 16.2. The topological polar surface area (TPSA) is 75.9 Å². The van der Waals surface area contributed by atoms with Crippen LogP contribution in [0, 0.1) is 0 Å². The number of amides is 1. The van der Waals surface area contributed by atoms with Crippen molar-refractivity contribution in [1.82, 2.24) is 24.8 Å². The zero-order valence-corrected chi connectivity index (χ0v) is 14.1. The number of benzene rings is 1. The predicted octanol–water partition coefficient (Wildman–Crippen LogP) is 1.76. The molecule has 0 bridgehead atoms. The predicted molar refractivity (Wildman–Crippen MR) is 95.4 cm³/mol. The standard InChI is InChI=1S/C18H20N6O/c1-23-11-16(20-12-23)18(25)21-13-5-4-8-24(10-13)17-9-19-14-6-2-3-7-15(14)22-17/h2-3,6-7,9,11-13H,4-5,8,10H2,1H3,(H,21,25). The van der Waals surface area contributed by atoms with Crippen LogP contribution in [0.4, 0.5) is 5.82 Å². The van der Waals surface area contributed by atoms with E-state index in [0.717, 1.165) is 42.8 Å². The fourth-order valence-corrected chi connectivity index (χ4v) is 3.19. The van der Waals surface area contributed by atoms with Gasteiger partial charge in [-0.25, -0.2) is 9.97 Å². The van der Waals surface area contributed by atoms with E-state index in [4.69, 9.17) is 4.98 Å². The number of nitrogens with one attached hydrogen (secondary N) is 1. The molecule has 25 heavy (non-hydrogen) atoms. The quantitative estimate of drug-likeness (QED) is 0.789. The highest BCUT2D eigenvalue weighted by Gasteiger charge is 2.23. The van der Waals surface area contributed by atoms with E-state index in [1.807, 2.05) is 37.5 Å². The molecular weight excluding hydrogens is 316 g/mol. The lowest BCUT2D eigenvalue weighted by atomic mass is 10.1. The molecule has 1 saturated heterocycles. The van der Waals surface area contributed by atoms with E-state index >= 15 is 0 Å². The highest BCUT2D eigenvalue weighted by molar-refractivity contribution is 5.92. The molecule has 1 N–H and O–H groups in total. The van der Waals surface area contributed by atoms with E-state index in [9.17, 15) is 4.79 Å². The summed E-state index contributed by atoms with van der Waals surface area (Å²) in [6, 6.07) is 7.93. The van der Waals surface area contributed by atoms with Crippen LogP contribution in [-0.4, -0.2) is 44.6 Å². The van der Waals surface area contributed by atoms with E-state index < -0.39 is 0 Å². The van der Waals surface area contributed by atoms with Crippen LogP contribution in [0.25, 0.3) is 11.0 Å². The van der Waals surface area contributed by atoms with Crippen LogP contribution in [0.3, 0.4) is 0 Å². The molecule has 0 spiro atoms. The molecular formula is C18H20N6O. The fourth-order valence-electron chi connectivity index (χ4n) is 3.19. The number of hydrogen-bond donors (Lipinski definition) is 1. The Labute approximate surface area is 145 Å². The summed E-state index contributed by atoms with van der Waals surface area (Å²) in [5.41, 5.74) is 2.23. The van der Waals surface area contributed by atoms with Gasteiger partial charge < -0.3 is 14.8 Å². The molecule has 1 aromatic carbocycles. The van der Waals surface area contributed by atoms with Gasteiger partial charge in [0.25, 0.3) is 5.91 Å². The lowest BCUT2D eigenvalue weighted by Gasteiger charge is -2.33. The van der Waals surface area contributed by atoms with Crippen LogP contribution in [-0.2, 0) is 7.05 Å². The van der Waals surface area contributed by atoms with Crippen molar-refractivity contribution in [2.75, 3.05) is 18.0 Å². The fraction of sp³-hybridized carbons (Fsp3) is 0.333. The van der Waals surface area contributed by atoms with E-state index in [2.05, 4.69) is 20.2 Å². The smallest absolute Gasteiger partial charge is 0.271 e. The van der Waals surface area contributed by atoms with Crippen molar-refractivity contribution < 1.29 is 4.79 Å². The van der Waals surface area contributed by atoms with Gasteiger partial charge in [0.05, 0.1) is 23.6 Å². The summed E-state index contributed by atoms with van der Waals surface area (Å²) in [5.74, 6) is 0.729. The number of carbonyl (C=O) groups is 1. The van der Waals surface area contributed by atoms with Crippen molar-refractivity contribution in [2.45, 2.75) is 18.9 Å². The van der Waals surface area contributed by atoms with Gasteiger partial charge in [0.1, 0.15) is 11.5 Å². The van der Waals surface area contributed by atoms with Crippen LogP contribution < -0.4 is 10.2 Å². The highest BCUT2D eigenvalue weighted by Crippen LogP contribution is 2.20. The van der Waals surface area contributed by atoms with Gasteiger partial charge in [0, 0.05) is 32.4 Å². The molecule has 0 saturated carbocycles. The van der Waals surface area contributed by atoms with Crippen molar-refractivity contribution in [3.05, 3.63) is 48.7 Å². The van der Waals surface area contributed by atoms with Crippen molar-refractivity contribution >= 4 is 22.8 Å². The Kier molecular flexibility index (Phi) is 4.05. The summed E-state index contributed by atoms with van der Waals surface area (Å²) in [6.45, 7) is 1.65. The molecule has 7 heteroatoms. The maximum Gasteiger partial charge on any atom is 0.271 e. The van der Waals surface area contributed by atoms with Crippen LogP contribution in [0.1, 0.15) is 23.3 Å². The second kappa shape index (κ2) is 6.51. The number of fused-ring (bicyclic) bond motifs is 1. The summed E-state index contributed by atoms with van der Waals surface area (Å²) in [7, 11) is 1.85. The van der Waals surface area contributed by atoms with Crippen LogP contribution in [0.15, 0.2) is 43.0 Å². The Hall–Kier alpha value is -2.96. The van der Waals surface area contributed by atoms with Crippen LogP contribution in [0.5, 0.6) is 0 Å². The Bertz CT molecular complexity index is 905. The maximum absolute atomic E-state index is 12.3. The molecule has 1 aliphatic heterocycles. The number of aryl methyl sites for hydroxylation is 1. The summed E-state index contributed by atoms with van der Waals surface area (Å²) in [6.07, 6.45) is 7.13. The number of anilines is 1. The number of hydrogen-bond acceptors (Lipinski definition) is 5. The van der Waals surface area contributed by atoms with Gasteiger partial charge in [0.15, 0.2) is 0 Å². The Morgan fingerprint density at radius 1 is 1.24 bits per heavy atom. The van der Waals surface area contributed by atoms with E-state index in [0.29, 0.717) is 5.69 Å². The maximum atomic E-state index is 12.3. The minimum Gasteiger partial charge on any atom is -0.353 e. The molecule has 128 valence electrons. The van der Waals surface area contributed by atoms with Gasteiger partial charge in [-0.1, -0.05) is 12.1 Å². The third kappa shape index (κ3) is 3.31. The first-order valence-corrected chi connectivity index (χ1v) is 8.44. The molecule has 1 aliphatic rings. The number of rotatable bonds is 3. The van der Waals surface area contributed by atoms with Gasteiger partial charge in [0.2, 0.25) is 0 Å². The zero-order valence-electron chi connectivity index (χ0n) is 14.1. The molecule has 4 rings (SSSR count). The molecule has 2 aromatic heterocycles. The molecule has 1 fully saturated rings. The molecule has 3 aromatic rings. The first-order chi connectivity index (χ1) is 12.2. The third-order valence-corrected chi connectivity index (χ3v) is 4.45. The summed E-state index contributed by atoms with van der Waals surface area (Å²) >= 11 is 0. The third-order valence-electron chi connectivity index (χ3n) is 4.45. The Morgan fingerprint density at radius 3 is 2.88 bits per heavy atom. The van der Waals surface area contributed by atoms with Gasteiger partial charge in [-0.3, -0.25) is 9.78 Å². The Morgan fingerprint density at radius 2 is 2.08 bits per heavy atom. The number of aromatic nitrogens is 4. The SMILES string of the molecule is Cn1cnc(C(=O)NC2CCCN(c3cnc4ccccc4n3)C2)c1. The first-order valence-electron chi connectivity index (χ1n) is 8.44. The number of piperidine rings is 1. The Balaban J connectivity index is 1.47. The van der Waals surface area contributed by atoms with Gasteiger partial charge in [-0.05, 0) is 25.0 Å².